The lowest BCUT2D eigenvalue weighted by atomic mass is 10.1. The predicted octanol–water partition coefficient (Wildman–Crippen LogP) is 5.38. The van der Waals surface area contributed by atoms with Gasteiger partial charge in [0.25, 0.3) is 0 Å². The number of hydrogen-bond acceptors (Lipinski definition) is 7. The zero-order chi connectivity index (χ0) is 27.8. The first kappa shape index (κ1) is 28.4. The van der Waals surface area contributed by atoms with Crippen LogP contribution >= 0.6 is 15.9 Å². The predicted molar refractivity (Wildman–Crippen MR) is 160 cm³/mol. The molecule has 204 valence electrons. The molecule has 1 saturated heterocycles. The van der Waals surface area contributed by atoms with Gasteiger partial charge in [0.2, 0.25) is 5.43 Å². The van der Waals surface area contributed by atoms with Crippen LogP contribution in [0.4, 0.5) is 5.69 Å². The summed E-state index contributed by atoms with van der Waals surface area (Å²) in [5, 5.41) is 1.41. The van der Waals surface area contributed by atoms with Crippen LogP contribution in [0.15, 0.2) is 86.8 Å². The fraction of sp³-hybridized carbons (Fsp3) is 0.290. The minimum absolute atomic E-state index is 0.108. The highest BCUT2D eigenvalue weighted by Crippen LogP contribution is 2.33. The first-order valence-corrected chi connectivity index (χ1v) is 13.9. The number of fused-ring (bicyclic) bond motifs is 1. The standard InChI is InChI=1S/C19H22N2O.C12H11BrO4/c1-16-6-5-7-17(14-16)15-20-10-12-21(13-11-20)18-8-3-2-4-9-19(18)22;1-15-10-4-8-7(6-13)3-12(14)17-9(8)5-11(10)16-2/h2-9,14H,10-13,15H2,1H3;3-5H,6H2,1-2H3. The average molecular weight is 594 g/mol. The van der Waals surface area contributed by atoms with Crippen LogP contribution in [0.5, 0.6) is 11.5 Å². The lowest BCUT2D eigenvalue weighted by Crippen LogP contribution is -2.47. The molecule has 7 nitrogen and oxygen atoms in total. The molecule has 0 aliphatic carbocycles. The first-order chi connectivity index (χ1) is 18.9. The molecule has 4 aromatic rings. The number of piperazine rings is 1. The van der Waals surface area contributed by atoms with Gasteiger partial charge in [0.15, 0.2) is 11.5 Å². The average Bonchev–Trinajstić information content (AvgIpc) is 3.16. The van der Waals surface area contributed by atoms with Gasteiger partial charge in [-0.3, -0.25) is 9.69 Å². The number of benzene rings is 2. The van der Waals surface area contributed by atoms with Crippen LogP contribution in [-0.4, -0.2) is 45.3 Å². The van der Waals surface area contributed by atoms with Crippen molar-refractivity contribution in [2.45, 2.75) is 18.8 Å². The Balaban J connectivity index is 0.000000187. The van der Waals surface area contributed by atoms with E-state index in [1.165, 1.54) is 24.3 Å². The van der Waals surface area contributed by atoms with Crippen molar-refractivity contribution in [3.05, 3.63) is 110 Å². The zero-order valence-electron chi connectivity index (χ0n) is 22.5. The van der Waals surface area contributed by atoms with Crippen LogP contribution in [0.3, 0.4) is 0 Å². The van der Waals surface area contributed by atoms with Crippen molar-refractivity contribution in [2.24, 2.45) is 0 Å². The van der Waals surface area contributed by atoms with E-state index in [2.05, 4.69) is 56.9 Å². The molecule has 0 atom stereocenters. The molecule has 1 aliphatic rings. The van der Waals surface area contributed by atoms with Gasteiger partial charge >= 0.3 is 5.63 Å². The van der Waals surface area contributed by atoms with Gasteiger partial charge in [-0.1, -0.05) is 64.0 Å². The highest BCUT2D eigenvalue weighted by atomic mass is 79.9. The largest absolute Gasteiger partial charge is 0.493 e. The summed E-state index contributed by atoms with van der Waals surface area (Å²) < 4.78 is 15.5. The smallest absolute Gasteiger partial charge is 0.336 e. The second kappa shape index (κ2) is 13.4. The van der Waals surface area contributed by atoms with Crippen LogP contribution in [0.2, 0.25) is 0 Å². The molecule has 0 saturated carbocycles. The number of rotatable bonds is 6. The summed E-state index contributed by atoms with van der Waals surface area (Å²) in [4.78, 5) is 28.1. The molecule has 0 N–H and O–H groups in total. The molecular weight excluding hydrogens is 560 g/mol. The van der Waals surface area contributed by atoms with E-state index in [4.69, 9.17) is 13.9 Å². The van der Waals surface area contributed by atoms with Crippen molar-refractivity contribution in [2.75, 3.05) is 45.3 Å². The molecule has 8 heteroatoms. The molecule has 0 radical (unpaired) electrons. The number of hydrogen-bond donors (Lipinski definition) is 0. The van der Waals surface area contributed by atoms with E-state index in [0.717, 1.165) is 49.4 Å². The molecule has 3 aromatic carbocycles. The van der Waals surface area contributed by atoms with Gasteiger partial charge in [-0.15, -0.1) is 0 Å². The van der Waals surface area contributed by atoms with Gasteiger partial charge < -0.3 is 18.8 Å². The molecule has 0 unspecified atom stereocenters. The molecule has 1 fully saturated rings. The molecule has 39 heavy (non-hydrogen) atoms. The maximum atomic E-state index is 12.1. The zero-order valence-corrected chi connectivity index (χ0v) is 24.1. The van der Waals surface area contributed by atoms with Crippen molar-refractivity contribution in [1.82, 2.24) is 4.90 Å². The fourth-order valence-electron chi connectivity index (χ4n) is 4.66. The summed E-state index contributed by atoms with van der Waals surface area (Å²) in [6, 6.07) is 22.8. The molecule has 1 aliphatic heterocycles. The van der Waals surface area contributed by atoms with Crippen LogP contribution < -0.4 is 25.4 Å². The Kier molecular flexibility index (Phi) is 9.79. The number of ether oxygens (including phenoxy) is 2. The summed E-state index contributed by atoms with van der Waals surface area (Å²) in [6.45, 7) is 6.92. The third-order valence-corrected chi connectivity index (χ3v) is 7.26. The quantitative estimate of drug-likeness (QED) is 0.220. The van der Waals surface area contributed by atoms with E-state index >= 15 is 0 Å². The van der Waals surface area contributed by atoms with Crippen molar-refractivity contribution in [1.29, 1.82) is 0 Å². The van der Waals surface area contributed by atoms with Crippen molar-refractivity contribution in [3.8, 4) is 11.5 Å². The number of methoxy groups -OCH3 is 2. The van der Waals surface area contributed by atoms with E-state index in [1.807, 2.05) is 18.2 Å². The second-order valence-corrected chi connectivity index (χ2v) is 9.90. The van der Waals surface area contributed by atoms with Gasteiger partial charge in [0.1, 0.15) is 5.58 Å². The van der Waals surface area contributed by atoms with Crippen molar-refractivity contribution in [3.63, 3.8) is 0 Å². The van der Waals surface area contributed by atoms with Crippen molar-refractivity contribution >= 4 is 32.6 Å². The highest BCUT2D eigenvalue weighted by molar-refractivity contribution is 9.08. The Labute approximate surface area is 236 Å². The van der Waals surface area contributed by atoms with Crippen LogP contribution in [0.25, 0.3) is 11.0 Å². The number of halogens is 1. The van der Waals surface area contributed by atoms with Gasteiger partial charge in [0.05, 0.1) is 19.9 Å². The molecular formula is C31H33BrN2O5. The molecule has 0 spiro atoms. The normalized spacial score (nSPS) is 13.5. The van der Waals surface area contributed by atoms with E-state index in [-0.39, 0.29) is 11.1 Å². The Morgan fingerprint density at radius 2 is 1.56 bits per heavy atom. The number of alkyl halides is 1. The van der Waals surface area contributed by atoms with Gasteiger partial charge in [-0.05, 0) is 36.2 Å². The van der Waals surface area contributed by atoms with E-state index < -0.39 is 0 Å². The van der Waals surface area contributed by atoms with Gasteiger partial charge in [-0.25, -0.2) is 4.79 Å². The summed E-state index contributed by atoms with van der Waals surface area (Å²) in [5.74, 6) is 1.14. The Morgan fingerprint density at radius 1 is 0.846 bits per heavy atom. The third-order valence-electron chi connectivity index (χ3n) is 6.66. The monoisotopic (exact) mass is 592 g/mol. The van der Waals surface area contributed by atoms with Crippen molar-refractivity contribution < 1.29 is 13.9 Å². The maximum absolute atomic E-state index is 12.1. The highest BCUT2D eigenvalue weighted by Gasteiger charge is 2.18. The summed E-state index contributed by atoms with van der Waals surface area (Å²) in [7, 11) is 3.10. The Morgan fingerprint density at radius 3 is 2.26 bits per heavy atom. The van der Waals surface area contributed by atoms with E-state index in [0.29, 0.717) is 22.4 Å². The lowest BCUT2D eigenvalue weighted by molar-refractivity contribution is 0.249. The van der Waals surface area contributed by atoms with Crippen LogP contribution in [0.1, 0.15) is 16.7 Å². The third kappa shape index (κ3) is 7.28. The van der Waals surface area contributed by atoms with E-state index in [1.54, 1.807) is 31.4 Å². The number of nitrogens with zero attached hydrogens (tertiary/aromatic N) is 2. The minimum atomic E-state index is -0.376. The van der Waals surface area contributed by atoms with E-state index in [9.17, 15) is 9.59 Å². The molecule has 5 rings (SSSR count). The Hall–Kier alpha value is -3.62. The van der Waals surface area contributed by atoms with Gasteiger partial charge in [0, 0.05) is 55.6 Å². The minimum Gasteiger partial charge on any atom is -0.493 e. The number of anilines is 1. The summed E-state index contributed by atoms with van der Waals surface area (Å²) in [5.41, 5.74) is 4.58. The SMILES string of the molecule is COc1cc2oc(=O)cc(CBr)c2cc1OC.Cc1cccc(CN2CCN(c3cccccc3=O)CC2)c1. The summed E-state index contributed by atoms with van der Waals surface area (Å²) >= 11 is 3.34. The molecule has 1 aromatic heterocycles. The lowest BCUT2D eigenvalue weighted by Gasteiger charge is -2.35. The second-order valence-electron chi connectivity index (χ2n) is 9.34. The van der Waals surface area contributed by atoms with Gasteiger partial charge in [-0.2, -0.15) is 0 Å². The maximum Gasteiger partial charge on any atom is 0.336 e. The topological polar surface area (TPSA) is 72.2 Å². The molecule has 2 heterocycles. The van der Waals surface area contributed by atoms with Crippen LogP contribution in [-0.2, 0) is 11.9 Å². The van der Waals surface area contributed by atoms with Crippen LogP contribution in [0, 0.1) is 6.92 Å². The first-order valence-electron chi connectivity index (χ1n) is 12.8. The summed E-state index contributed by atoms with van der Waals surface area (Å²) in [6.07, 6.45) is 0. The Bertz CT molecular complexity index is 1530. The molecule has 0 amide bonds. The number of aryl methyl sites for hydroxylation is 1. The molecule has 0 bridgehead atoms. The fourth-order valence-corrected chi connectivity index (χ4v) is 5.13.